The van der Waals surface area contributed by atoms with Gasteiger partial charge in [0.25, 0.3) is 5.92 Å². The molecule has 0 saturated carbocycles. The van der Waals surface area contributed by atoms with Crippen LogP contribution in [0, 0.1) is 0 Å². The molecule has 4 amide bonds. The Labute approximate surface area is 321 Å². The van der Waals surface area contributed by atoms with E-state index in [9.17, 15) is 32.8 Å². The summed E-state index contributed by atoms with van der Waals surface area (Å²) in [5.41, 5.74) is 5.01. The second kappa shape index (κ2) is 14.8. The summed E-state index contributed by atoms with van der Waals surface area (Å²) in [6, 6.07) is 17.3. The number of aromatic amines is 1. The molecule has 0 aliphatic carbocycles. The number of rotatable bonds is 8. The number of imidazole rings is 1. The van der Waals surface area contributed by atoms with Gasteiger partial charge in [0.1, 0.15) is 23.5 Å². The van der Waals surface area contributed by atoms with Crippen LogP contribution in [0.25, 0.3) is 22.4 Å². The van der Waals surface area contributed by atoms with Crippen molar-refractivity contribution in [2.45, 2.75) is 76.1 Å². The van der Waals surface area contributed by atoms with E-state index >= 15 is 0 Å². The standard InChI is InChI=1S/C41H42F2N6O7/c1-40(2,3)56-39(54)48-22-41(42,43)19-32(48)35-44-20-30(46-35)25-12-8-23(9-13-25)24-10-14-26(15-11-24)33(50)21-45-36(51)31-18-28-7-5-6-27-16-17-29(47-38(53)55-4)37(52)49(31)34(27)28/h5-15,20,29,31-32H,16-19,21-22H2,1-4H3,(H,44,46)(H,45,51)(H,47,53)/t29-,31-,32-/m0/s1. The van der Waals surface area contributed by atoms with Crippen molar-refractivity contribution in [3.8, 4) is 22.4 Å². The number of amides is 4. The minimum atomic E-state index is -3.08. The number of halogens is 2. The number of carbonyl (C=O) groups is 5. The molecule has 3 aliphatic rings. The number of benzene rings is 3. The molecule has 292 valence electrons. The number of para-hydroxylation sites is 1. The number of anilines is 1. The molecule has 56 heavy (non-hydrogen) atoms. The van der Waals surface area contributed by atoms with E-state index in [2.05, 4.69) is 20.6 Å². The summed E-state index contributed by atoms with van der Waals surface area (Å²) in [4.78, 5) is 75.0. The lowest BCUT2D eigenvalue weighted by atomic mass is 10.0. The Hall–Kier alpha value is -6.12. The second-order valence-electron chi connectivity index (χ2n) is 15.2. The van der Waals surface area contributed by atoms with E-state index in [1.807, 2.05) is 42.5 Å². The molecule has 0 spiro atoms. The molecule has 0 radical (unpaired) electrons. The third-order valence-corrected chi connectivity index (χ3v) is 10.2. The van der Waals surface area contributed by atoms with Gasteiger partial charge in [-0.25, -0.2) is 23.4 Å². The number of likely N-dealkylation sites (tertiary alicyclic amines) is 1. The van der Waals surface area contributed by atoms with Crippen molar-refractivity contribution >= 4 is 35.5 Å². The minimum Gasteiger partial charge on any atom is -0.453 e. The summed E-state index contributed by atoms with van der Waals surface area (Å²) in [7, 11) is 1.22. The molecule has 1 fully saturated rings. The van der Waals surface area contributed by atoms with Crippen LogP contribution in [0.15, 0.2) is 72.9 Å². The Morgan fingerprint density at radius 1 is 0.964 bits per heavy atom. The summed E-state index contributed by atoms with van der Waals surface area (Å²) in [6.45, 7) is 3.99. The van der Waals surface area contributed by atoms with Crippen LogP contribution in [0.4, 0.5) is 24.1 Å². The van der Waals surface area contributed by atoms with Crippen molar-refractivity contribution in [1.82, 2.24) is 25.5 Å². The number of alkyl halides is 2. The van der Waals surface area contributed by atoms with Crippen LogP contribution < -0.4 is 15.5 Å². The number of methoxy groups -OCH3 is 1. The van der Waals surface area contributed by atoms with Gasteiger partial charge in [-0.1, -0.05) is 66.7 Å². The third-order valence-electron chi connectivity index (χ3n) is 10.2. The van der Waals surface area contributed by atoms with Crippen LogP contribution in [0.3, 0.4) is 0 Å². The van der Waals surface area contributed by atoms with Gasteiger partial charge in [0, 0.05) is 18.4 Å². The Bertz CT molecular complexity index is 2180. The maximum atomic E-state index is 14.5. The monoisotopic (exact) mass is 768 g/mol. The normalized spacial score (nSPS) is 19.9. The maximum absolute atomic E-state index is 14.5. The molecular weight excluding hydrogens is 726 g/mol. The highest BCUT2D eigenvalue weighted by Gasteiger charge is 2.50. The summed E-state index contributed by atoms with van der Waals surface area (Å²) in [5, 5.41) is 5.30. The molecule has 7 rings (SSSR count). The lowest BCUT2D eigenvalue weighted by Gasteiger charge is -2.27. The zero-order valence-corrected chi connectivity index (χ0v) is 31.4. The highest BCUT2D eigenvalue weighted by atomic mass is 19.3. The highest BCUT2D eigenvalue weighted by molar-refractivity contribution is 6.08. The molecule has 0 unspecified atom stereocenters. The van der Waals surface area contributed by atoms with Gasteiger partial charge in [-0.05, 0) is 61.4 Å². The quantitative estimate of drug-likeness (QED) is 0.184. The molecule has 1 aromatic heterocycles. The molecule has 3 N–H and O–H groups in total. The number of ketones is 1. The van der Waals surface area contributed by atoms with Crippen LogP contribution in [0.5, 0.6) is 0 Å². The molecular formula is C41H42F2N6O7. The number of carbonyl (C=O) groups excluding carboxylic acids is 5. The number of nitrogens with one attached hydrogen (secondary N) is 3. The smallest absolute Gasteiger partial charge is 0.411 e. The Balaban J connectivity index is 0.977. The molecule has 4 aromatic rings. The van der Waals surface area contributed by atoms with Crippen molar-refractivity contribution in [3.63, 3.8) is 0 Å². The number of hydrogen-bond donors (Lipinski definition) is 3. The molecule has 3 aromatic carbocycles. The van der Waals surface area contributed by atoms with E-state index in [-0.39, 0.29) is 24.6 Å². The molecule has 1 saturated heterocycles. The van der Waals surface area contributed by atoms with Crippen LogP contribution in [-0.4, -0.2) is 88.5 Å². The van der Waals surface area contributed by atoms with Crippen molar-refractivity contribution in [3.05, 3.63) is 95.4 Å². The molecule has 4 heterocycles. The number of H-pyrrole nitrogens is 1. The largest absolute Gasteiger partial charge is 0.453 e. The van der Waals surface area contributed by atoms with Gasteiger partial charge in [0.2, 0.25) is 11.8 Å². The van der Waals surface area contributed by atoms with Gasteiger partial charge in [-0.2, -0.15) is 0 Å². The molecule has 3 aliphatic heterocycles. The summed E-state index contributed by atoms with van der Waals surface area (Å²) >= 11 is 0. The summed E-state index contributed by atoms with van der Waals surface area (Å²) < 4.78 is 39.0. The number of ether oxygens (including phenoxy) is 2. The number of Topliss-reactive ketones (excluding diaryl/α,β-unsaturated/α-hetero) is 1. The number of nitrogens with zero attached hydrogens (tertiary/aromatic N) is 3. The molecule has 15 heteroatoms. The van der Waals surface area contributed by atoms with Gasteiger partial charge < -0.3 is 25.1 Å². The van der Waals surface area contributed by atoms with Crippen LogP contribution in [0.1, 0.15) is 67.0 Å². The zero-order valence-electron chi connectivity index (χ0n) is 31.4. The number of aromatic nitrogens is 2. The first-order chi connectivity index (χ1) is 26.6. The first-order valence-corrected chi connectivity index (χ1v) is 18.3. The fourth-order valence-electron chi connectivity index (χ4n) is 7.48. The van der Waals surface area contributed by atoms with Crippen molar-refractivity contribution in [2.75, 3.05) is 25.1 Å². The van der Waals surface area contributed by atoms with Crippen LogP contribution >= 0.6 is 0 Å². The summed E-state index contributed by atoms with van der Waals surface area (Å²) in [5.74, 6) is -4.04. The average Bonchev–Trinajstić information content (AvgIpc) is 3.88. The van der Waals surface area contributed by atoms with E-state index in [0.29, 0.717) is 29.8 Å². The average molecular weight is 769 g/mol. The predicted octanol–water partition coefficient (Wildman–Crippen LogP) is 5.99. The first kappa shape index (κ1) is 38.2. The SMILES string of the molecule is COC(=O)N[C@H]1CCc2cccc3c2N(C1=O)[C@H](C(=O)NCC(=O)c1ccc(-c2ccc(-c4cnc([C@@H]5CC(F)(F)CN5C(=O)OC(C)(C)C)[nH]4)cc2)cc1)C3. The van der Waals surface area contributed by atoms with E-state index in [0.717, 1.165) is 32.7 Å². The van der Waals surface area contributed by atoms with Crippen molar-refractivity contribution in [1.29, 1.82) is 0 Å². The van der Waals surface area contributed by atoms with E-state index < -0.39 is 66.6 Å². The lowest BCUT2D eigenvalue weighted by Crippen LogP contribution is -2.54. The lowest BCUT2D eigenvalue weighted by molar-refractivity contribution is -0.126. The van der Waals surface area contributed by atoms with E-state index in [4.69, 9.17) is 9.47 Å². The Morgan fingerprint density at radius 2 is 1.62 bits per heavy atom. The molecule has 3 atom stereocenters. The van der Waals surface area contributed by atoms with Gasteiger partial charge >= 0.3 is 12.2 Å². The molecule has 13 nitrogen and oxygen atoms in total. The van der Waals surface area contributed by atoms with Gasteiger partial charge in [0.15, 0.2) is 5.78 Å². The van der Waals surface area contributed by atoms with Gasteiger partial charge in [-0.3, -0.25) is 24.2 Å². The molecule has 0 bridgehead atoms. The summed E-state index contributed by atoms with van der Waals surface area (Å²) in [6.07, 6.45) is 0.567. The van der Waals surface area contributed by atoms with E-state index in [1.165, 1.54) is 12.0 Å². The first-order valence-electron chi connectivity index (χ1n) is 18.3. The third kappa shape index (κ3) is 7.84. The Kier molecular flexibility index (Phi) is 10.1. The number of hydrogen-bond acceptors (Lipinski definition) is 8. The second-order valence-corrected chi connectivity index (χ2v) is 15.2. The van der Waals surface area contributed by atoms with Gasteiger partial charge in [0.05, 0.1) is 43.8 Å². The van der Waals surface area contributed by atoms with E-state index in [1.54, 1.807) is 51.2 Å². The number of alkyl carbamates (subject to hydrolysis) is 1. The predicted molar refractivity (Wildman–Crippen MR) is 201 cm³/mol. The topological polar surface area (TPSA) is 163 Å². The highest BCUT2D eigenvalue weighted by Crippen LogP contribution is 2.42. The van der Waals surface area contributed by atoms with Crippen molar-refractivity contribution in [2.24, 2.45) is 0 Å². The zero-order chi connectivity index (χ0) is 39.9. The number of aryl methyl sites for hydroxylation is 1. The van der Waals surface area contributed by atoms with Crippen molar-refractivity contribution < 1.29 is 42.2 Å². The fraction of sp³-hybridized carbons (Fsp3) is 0.366. The fourth-order valence-corrected chi connectivity index (χ4v) is 7.48. The van der Waals surface area contributed by atoms with Crippen LogP contribution in [0.2, 0.25) is 0 Å². The van der Waals surface area contributed by atoms with Crippen LogP contribution in [-0.2, 0) is 31.9 Å². The minimum absolute atomic E-state index is 0.239. The van der Waals surface area contributed by atoms with Gasteiger partial charge in [-0.15, -0.1) is 0 Å². The Morgan fingerprint density at radius 3 is 2.30 bits per heavy atom. The maximum Gasteiger partial charge on any atom is 0.411 e.